The summed E-state index contributed by atoms with van der Waals surface area (Å²) in [5.41, 5.74) is 9.36. The van der Waals surface area contributed by atoms with Crippen LogP contribution in [-0.4, -0.2) is 10.8 Å². The van der Waals surface area contributed by atoms with Crippen LogP contribution in [0.1, 0.15) is 28.8 Å². The number of amidine groups is 1. The SMILES string of the molecule is Cc1ccc(Cl)cc1Oc1nc2c(cc1C(=N)N)CCC2. The van der Waals surface area contributed by atoms with Crippen molar-refractivity contribution in [3.63, 3.8) is 0 Å². The van der Waals surface area contributed by atoms with Crippen LogP contribution in [0.4, 0.5) is 0 Å². The smallest absolute Gasteiger partial charge is 0.230 e. The van der Waals surface area contributed by atoms with Crippen LogP contribution in [0.3, 0.4) is 0 Å². The Morgan fingerprint density at radius 1 is 1.33 bits per heavy atom. The number of rotatable bonds is 3. The van der Waals surface area contributed by atoms with Gasteiger partial charge in [0, 0.05) is 10.7 Å². The molecule has 0 atom stereocenters. The maximum Gasteiger partial charge on any atom is 0.230 e. The molecule has 0 fully saturated rings. The van der Waals surface area contributed by atoms with E-state index in [1.165, 1.54) is 0 Å². The fraction of sp³-hybridized carbons (Fsp3) is 0.250. The monoisotopic (exact) mass is 301 g/mol. The summed E-state index contributed by atoms with van der Waals surface area (Å²) >= 11 is 6.01. The molecular formula is C16H16ClN3O. The predicted molar refractivity (Wildman–Crippen MR) is 83.5 cm³/mol. The van der Waals surface area contributed by atoms with Crippen LogP contribution in [0.25, 0.3) is 0 Å². The highest BCUT2D eigenvalue weighted by molar-refractivity contribution is 6.30. The largest absolute Gasteiger partial charge is 0.438 e. The molecule has 21 heavy (non-hydrogen) atoms. The molecule has 0 radical (unpaired) electrons. The number of nitrogens with two attached hydrogens (primary N) is 1. The van der Waals surface area contributed by atoms with Crippen LogP contribution in [0.15, 0.2) is 24.3 Å². The zero-order valence-electron chi connectivity index (χ0n) is 11.7. The van der Waals surface area contributed by atoms with E-state index in [9.17, 15) is 0 Å². The van der Waals surface area contributed by atoms with Gasteiger partial charge >= 0.3 is 0 Å². The first kappa shape index (κ1) is 13.9. The minimum absolute atomic E-state index is 0.0353. The van der Waals surface area contributed by atoms with Crippen molar-refractivity contribution in [2.24, 2.45) is 5.73 Å². The van der Waals surface area contributed by atoms with Gasteiger partial charge in [-0.05, 0) is 55.5 Å². The quantitative estimate of drug-likeness (QED) is 0.672. The Labute approximate surface area is 128 Å². The highest BCUT2D eigenvalue weighted by atomic mass is 35.5. The van der Waals surface area contributed by atoms with Gasteiger partial charge in [0.15, 0.2) is 0 Å². The first-order chi connectivity index (χ1) is 10.0. The number of hydrogen-bond acceptors (Lipinski definition) is 3. The van der Waals surface area contributed by atoms with Gasteiger partial charge in [-0.1, -0.05) is 17.7 Å². The summed E-state index contributed by atoms with van der Waals surface area (Å²) in [5.74, 6) is 0.982. The molecule has 0 bridgehead atoms. The molecular weight excluding hydrogens is 286 g/mol. The first-order valence-corrected chi connectivity index (χ1v) is 7.23. The van der Waals surface area contributed by atoms with E-state index < -0.39 is 0 Å². The molecule has 0 spiro atoms. The highest BCUT2D eigenvalue weighted by Gasteiger charge is 2.19. The van der Waals surface area contributed by atoms with E-state index in [4.69, 9.17) is 27.5 Å². The highest BCUT2D eigenvalue weighted by Crippen LogP contribution is 2.32. The lowest BCUT2D eigenvalue weighted by atomic mass is 10.1. The van der Waals surface area contributed by atoms with E-state index in [1.54, 1.807) is 6.07 Å². The average Bonchev–Trinajstić information content (AvgIpc) is 2.89. The molecule has 108 valence electrons. The fourth-order valence-corrected chi connectivity index (χ4v) is 2.67. The Hall–Kier alpha value is -2.07. The number of nitrogens with one attached hydrogen (secondary N) is 1. The summed E-state index contributed by atoms with van der Waals surface area (Å²) in [4.78, 5) is 4.55. The minimum atomic E-state index is -0.0353. The summed E-state index contributed by atoms with van der Waals surface area (Å²) in [7, 11) is 0. The molecule has 1 aliphatic carbocycles. The maximum atomic E-state index is 7.73. The molecule has 0 unspecified atom stereocenters. The molecule has 1 heterocycles. The molecule has 0 aliphatic heterocycles. The summed E-state index contributed by atoms with van der Waals surface area (Å²) in [6.07, 6.45) is 3.01. The summed E-state index contributed by atoms with van der Waals surface area (Å²) in [6, 6.07) is 7.37. The number of nitrogens with zero attached hydrogens (tertiary/aromatic N) is 1. The summed E-state index contributed by atoms with van der Waals surface area (Å²) in [6.45, 7) is 1.94. The van der Waals surface area contributed by atoms with Crippen LogP contribution >= 0.6 is 11.6 Å². The number of halogens is 1. The Kier molecular flexibility index (Phi) is 3.55. The number of aryl methyl sites for hydroxylation is 3. The number of nitrogen functional groups attached to an aromatic ring is 1. The predicted octanol–water partition coefficient (Wildman–Crippen LogP) is 3.61. The third-order valence-corrected chi connectivity index (χ3v) is 3.90. The lowest BCUT2D eigenvalue weighted by molar-refractivity contribution is 0.456. The van der Waals surface area contributed by atoms with Crippen LogP contribution in [0.2, 0.25) is 5.02 Å². The zero-order chi connectivity index (χ0) is 15.0. The van der Waals surface area contributed by atoms with E-state index >= 15 is 0 Å². The molecule has 0 saturated carbocycles. The third-order valence-electron chi connectivity index (χ3n) is 3.66. The topological polar surface area (TPSA) is 72.0 Å². The Bertz CT molecular complexity index is 728. The van der Waals surface area contributed by atoms with Crippen molar-refractivity contribution >= 4 is 17.4 Å². The molecule has 0 saturated heterocycles. The molecule has 0 amide bonds. The number of pyridine rings is 1. The normalized spacial score (nSPS) is 13.0. The van der Waals surface area contributed by atoms with Crippen molar-refractivity contribution in [1.29, 1.82) is 5.41 Å². The molecule has 5 heteroatoms. The molecule has 4 nitrogen and oxygen atoms in total. The van der Waals surface area contributed by atoms with Crippen molar-refractivity contribution in [2.45, 2.75) is 26.2 Å². The summed E-state index contributed by atoms with van der Waals surface area (Å²) in [5, 5.41) is 8.33. The van der Waals surface area contributed by atoms with Gasteiger partial charge in [0.1, 0.15) is 11.6 Å². The van der Waals surface area contributed by atoms with Gasteiger partial charge in [-0.3, -0.25) is 5.41 Å². The van der Waals surface area contributed by atoms with Crippen molar-refractivity contribution in [2.75, 3.05) is 0 Å². The number of fused-ring (bicyclic) bond motifs is 1. The van der Waals surface area contributed by atoms with Crippen molar-refractivity contribution in [3.8, 4) is 11.6 Å². The van der Waals surface area contributed by atoms with Gasteiger partial charge in [-0.15, -0.1) is 0 Å². The Morgan fingerprint density at radius 2 is 2.14 bits per heavy atom. The van der Waals surface area contributed by atoms with Crippen LogP contribution < -0.4 is 10.5 Å². The van der Waals surface area contributed by atoms with Crippen molar-refractivity contribution in [1.82, 2.24) is 4.98 Å². The Balaban J connectivity index is 2.05. The summed E-state index contributed by atoms with van der Waals surface area (Å²) < 4.78 is 5.89. The maximum absolute atomic E-state index is 7.73. The van der Waals surface area contributed by atoms with Crippen LogP contribution in [0.5, 0.6) is 11.6 Å². The Morgan fingerprint density at radius 3 is 2.90 bits per heavy atom. The van der Waals surface area contributed by atoms with Gasteiger partial charge in [-0.2, -0.15) is 0 Å². The standard InChI is InChI=1S/C16H16ClN3O/c1-9-5-6-11(17)8-14(9)21-16-12(15(18)19)7-10-3-2-4-13(10)20-16/h5-8H,2-4H2,1H3,(H3,18,19). The lowest BCUT2D eigenvalue weighted by Crippen LogP contribution is -2.14. The van der Waals surface area contributed by atoms with Gasteiger partial charge in [0.2, 0.25) is 5.88 Å². The van der Waals surface area contributed by atoms with Crippen LogP contribution in [-0.2, 0) is 12.8 Å². The number of benzene rings is 1. The van der Waals surface area contributed by atoms with Gasteiger partial charge < -0.3 is 10.5 Å². The van der Waals surface area contributed by atoms with E-state index in [0.717, 1.165) is 36.1 Å². The molecule has 1 aliphatic rings. The molecule has 2 aromatic rings. The zero-order valence-corrected chi connectivity index (χ0v) is 12.5. The first-order valence-electron chi connectivity index (χ1n) is 6.86. The van der Waals surface area contributed by atoms with Gasteiger partial charge in [-0.25, -0.2) is 4.98 Å². The van der Waals surface area contributed by atoms with Crippen LogP contribution in [0, 0.1) is 12.3 Å². The van der Waals surface area contributed by atoms with E-state index in [-0.39, 0.29) is 5.84 Å². The second kappa shape index (κ2) is 5.37. The molecule has 3 rings (SSSR count). The average molecular weight is 302 g/mol. The number of ether oxygens (including phenoxy) is 1. The third kappa shape index (κ3) is 2.72. The second-order valence-corrected chi connectivity index (χ2v) is 5.66. The van der Waals surface area contributed by atoms with Gasteiger partial charge in [0.25, 0.3) is 0 Å². The van der Waals surface area contributed by atoms with E-state index in [1.807, 2.05) is 25.1 Å². The number of aromatic nitrogens is 1. The number of hydrogen-bond donors (Lipinski definition) is 2. The van der Waals surface area contributed by atoms with E-state index in [2.05, 4.69) is 4.98 Å². The minimum Gasteiger partial charge on any atom is -0.438 e. The fourth-order valence-electron chi connectivity index (χ4n) is 2.51. The molecule has 1 aromatic heterocycles. The van der Waals surface area contributed by atoms with Crippen molar-refractivity contribution in [3.05, 3.63) is 51.7 Å². The van der Waals surface area contributed by atoms with Gasteiger partial charge in [0.05, 0.1) is 5.56 Å². The van der Waals surface area contributed by atoms with Crippen molar-refractivity contribution < 1.29 is 4.74 Å². The molecule has 3 N–H and O–H groups in total. The molecule has 1 aromatic carbocycles. The second-order valence-electron chi connectivity index (χ2n) is 5.23. The lowest BCUT2D eigenvalue weighted by Gasteiger charge is -2.13. The van der Waals surface area contributed by atoms with E-state index in [0.29, 0.717) is 22.2 Å².